The largest absolute Gasteiger partial charge is 0.329 e. The van der Waals surface area contributed by atoms with Gasteiger partial charge in [0.05, 0.1) is 4.90 Å². The standard InChI is InChI=1S/C26H27N7O3S/c1-3-18-5-4-6-21(17-18)31-26(34)30-20-7-11-22(12-8-20)33(2)24-15-16-28-25(32-24)29-19-9-13-23(14-10-19)37(27,35)36/h4-17H,3H2,1-2H3,(H2,27,35,36)(H,28,29,32)(H2,30,31,34). The monoisotopic (exact) mass is 517 g/mol. The van der Waals surface area contributed by atoms with Crippen LogP contribution in [-0.2, 0) is 16.4 Å². The molecule has 3 aromatic carbocycles. The first-order chi connectivity index (χ1) is 17.7. The van der Waals surface area contributed by atoms with E-state index in [1.807, 2.05) is 48.3 Å². The van der Waals surface area contributed by atoms with Crippen molar-refractivity contribution in [2.45, 2.75) is 18.2 Å². The summed E-state index contributed by atoms with van der Waals surface area (Å²) in [5.74, 6) is 0.975. The normalized spacial score (nSPS) is 11.0. The first kappa shape index (κ1) is 25.6. The van der Waals surface area contributed by atoms with Gasteiger partial charge in [0.25, 0.3) is 0 Å². The second kappa shape index (κ2) is 11.1. The molecular formula is C26H27N7O3S. The zero-order valence-corrected chi connectivity index (χ0v) is 21.2. The number of aryl methyl sites for hydroxylation is 1. The molecule has 0 unspecified atom stereocenters. The fourth-order valence-electron chi connectivity index (χ4n) is 3.52. The molecule has 0 aliphatic carbocycles. The molecule has 0 fully saturated rings. The number of nitrogens with zero attached hydrogens (tertiary/aromatic N) is 3. The van der Waals surface area contributed by atoms with Crippen LogP contribution in [0.1, 0.15) is 12.5 Å². The number of aromatic nitrogens is 2. The van der Waals surface area contributed by atoms with Crippen LogP contribution in [0.3, 0.4) is 0 Å². The Labute approximate surface area is 215 Å². The number of anilines is 6. The summed E-state index contributed by atoms with van der Waals surface area (Å²) in [7, 11) is -1.90. The van der Waals surface area contributed by atoms with E-state index in [1.54, 1.807) is 36.5 Å². The molecule has 4 aromatic rings. The van der Waals surface area contributed by atoms with Crippen LogP contribution in [0.4, 0.5) is 39.3 Å². The third kappa shape index (κ3) is 6.81. The first-order valence-electron chi connectivity index (χ1n) is 11.4. The summed E-state index contributed by atoms with van der Waals surface area (Å²) in [6.07, 6.45) is 2.51. The maximum Gasteiger partial charge on any atom is 0.323 e. The maximum absolute atomic E-state index is 12.4. The van der Waals surface area contributed by atoms with E-state index in [-0.39, 0.29) is 10.9 Å². The Bertz CT molecular complexity index is 1490. The van der Waals surface area contributed by atoms with Crippen molar-refractivity contribution in [3.63, 3.8) is 0 Å². The Morgan fingerprint density at radius 3 is 2.27 bits per heavy atom. The molecule has 4 rings (SSSR count). The highest BCUT2D eigenvalue weighted by Crippen LogP contribution is 2.25. The Morgan fingerprint density at radius 1 is 0.919 bits per heavy atom. The lowest BCUT2D eigenvalue weighted by atomic mass is 10.1. The predicted octanol–water partition coefficient (Wildman–Crippen LogP) is 4.84. The number of hydrogen-bond donors (Lipinski definition) is 4. The molecule has 1 aromatic heterocycles. The van der Waals surface area contributed by atoms with Crippen molar-refractivity contribution in [2.24, 2.45) is 5.14 Å². The van der Waals surface area contributed by atoms with E-state index in [0.29, 0.717) is 23.1 Å². The van der Waals surface area contributed by atoms with E-state index in [2.05, 4.69) is 32.8 Å². The maximum atomic E-state index is 12.4. The zero-order chi connectivity index (χ0) is 26.4. The van der Waals surface area contributed by atoms with Crippen LogP contribution in [0.2, 0.25) is 0 Å². The third-order valence-corrected chi connectivity index (χ3v) is 6.46. The lowest BCUT2D eigenvalue weighted by Gasteiger charge is -2.19. The van der Waals surface area contributed by atoms with Gasteiger partial charge in [0.2, 0.25) is 16.0 Å². The molecule has 11 heteroatoms. The van der Waals surface area contributed by atoms with E-state index < -0.39 is 10.0 Å². The van der Waals surface area contributed by atoms with Gasteiger partial charge in [-0.15, -0.1) is 0 Å². The van der Waals surface area contributed by atoms with Crippen LogP contribution in [0.5, 0.6) is 0 Å². The number of carbonyl (C=O) groups is 1. The molecule has 0 aliphatic rings. The molecule has 0 aliphatic heterocycles. The summed E-state index contributed by atoms with van der Waals surface area (Å²) < 4.78 is 22.9. The summed E-state index contributed by atoms with van der Waals surface area (Å²) in [5, 5.41) is 13.9. The average Bonchev–Trinajstić information content (AvgIpc) is 2.89. The Kier molecular flexibility index (Phi) is 7.66. The molecular weight excluding hydrogens is 490 g/mol. The van der Waals surface area contributed by atoms with Crippen molar-refractivity contribution in [3.05, 3.63) is 90.6 Å². The number of nitrogens with one attached hydrogen (secondary N) is 3. The number of nitrogens with two attached hydrogens (primary N) is 1. The molecule has 2 amide bonds. The summed E-state index contributed by atoms with van der Waals surface area (Å²) in [6.45, 7) is 2.06. The predicted molar refractivity (Wildman–Crippen MR) is 146 cm³/mol. The Hall–Kier alpha value is -4.48. The van der Waals surface area contributed by atoms with Crippen LogP contribution in [0.25, 0.3) is 0 Å². The van der Waals surface area contributed by atoms with E-state index in [1.165, 1.54) is 12.1 Å². The van der Waals surface area contributed by atoms with Gasteiger partial charge in [-0.2, -0.15) is 4.98 Å². The van der Waals surface area contributed by atoms with Gasteiger partial charge in [-0.05, 0) is 78.7 Å². The highest BCUT2D eigenvalue weighted by atomic mass is 32.2. The van der Waals surface area contributed by atoms with E-state index in [0.717, 1.165) is 23.4 Å². The SMILES string of the molecule is CCc1cccc(NC(=O)Nc2ccc(N(C)c3ccnc(Nc4ccc(S(N)(=O)=O)cc4)n3)cc2)c1. The topological polar surface area (TPSA) is 142 Å². The summed E-state index contributed by atoms with van der Waals surface area (Å²) in [5.41, 5.74) is 4.00. The Morgan fingerprint density at radius 2 is 1.59 bits per heavy atom. The molecule has 37 heavy (non-hydrogen) atoms. The Balaban J connectivity index is 1.39. The number of amides is 2. The van der Waals surface area contributed by atoms with Crippen LogP contribution in [-0.4, -0.2) is 31.5 Å². The van der Waals surface area contributed by atoms with Gasteiger partial charge in [0, 0.05) is 36.0 Å². The highest BCUT2D eigenvalue weighted by molar-refractivity contribution is 7.89. The minimum Gasteiger partial charge on any atom is -0.329 e. The summed E-state index contributed by atoms with van der Waals surface area (Å²) in [6, 6.07) is 22.5. The first-order valence-corrected chi connectivity index (χ1v) is 13.0. The van der Waals surface area contributed by atoms with Gasteiger partial charge in [0.15, 0.2) is 0 Å². The number of benzene rings is 3. The van der Waals surface area contributed by atoms with Crippen LogP contribution in [0.15, 0.2) is 90.0 Å². The van der Waals surface area contributed by atoms with Crippen molar-refractivity contribution in [2.75, 3.05) is 27.9 Å². The van der Waals surface area contributed by atoms with Crippen LogP contribution >= 0.6 is 0 Å². The van der Waals surface area contributed by atoms with Crippen LogP contribution in [0, 0.1) is 0 Å². The van der Waals surface area contributed by atoms with E-state index >= 15 is 0 Å². The molecule has 1 heterocycles. The lowest BCUT2D eigenvalue weighted by molar-refractivity contribution is 0.262. The van der Waals surface area contributed by atoms with Gasteiger partial charge in [0.1, 0.15) is 5.82 Å². The van der Waals surface area contributed by atoms with Crippen molar-refractivity contribution in [1.82, 2.24) is 9.97 Å². The molecule has 190 valence electrons. The molecule has 0 bridgehead atoms. The van der Waals surface area contributed by atoms with Crippen molar-refractivity contribution in [3.8, 4) is 0 Å². The molecule has 0 spiro atoms. The second-order valence-electron chi connectivity index (χ2n) is 8.17. The number of carbonyl (C=O) groups excluding carboxylic acids is 1. The van der Waals surface area contributed by atoms with Gasteiger partial charge < -0.3 is 20.9 Å². The molecule has 5 N–H and O–H groups in total. The van der Waals surface area contributed by atoms with Crippen LogP contribution < -0.4 is 26.0 Å². The number of hydrogen-bond acceptors (Lipinski definition) is 7. The minimum atomic E-state index is -3.76. The number of primary sulfonamides is 1. The van der Waals surface area contributed by atoms with Gasteiger partial charge in [-0.3, -0.25) is 0 Å². The van der Waals surface area contributed by atoms with Crippen molar-refractivity contribution >= 4 is 50.6 Å². The fraction of sp³-hybridized carbons (Fsp3) is 0.115. The molecule has 10 nitrogen and oxygen atoms in total. The van der Waals surface area contributed by atoms with Gasteiger partial charge in [-0.25, -0.2) is 23.3 Å². The van der Waals surface area contributed by atoms with Crippen molar-refractivity contribution in [1.29, 1.82) is 0 Å². The summed E-state index contributed by atoms with van der Waals surface area (Å²) >= 11 is 0. The van der Waals surface area contributed by atoms with Crippen molar-refractivity contribution < 1.29 is 13.2 Å². The highest BCUT2D eigenvalue weighted by Gasteiger charge is 2.10. The number of urea groups is 1. The second-order valence-corrected chi connectivity index (χ2v) is 9.73. The minimum absolute atomic E-state index is 0.0218. The molecule has 0 radical (unpaired) electrons. The lowest BCUT2D eigenvalue weighted by Crippen LogP contribution is -2.19. The van der Waals surface area contributed by atoms with Gasteiger partial charge in [-0.1, -0.05) is 19.1 Å². The third-order valence-electron chi connectivity index (χ3n) is 5.53. The van der Waals surface area contributed by atoms with E-state index in [9.17, 15) is 13.2 Å². The van der Waals surface area contributed by atoms with Gasteiger partial charge >= 0.3 is 6.03 Å². The quantitative estimate of drug-likeness (QED) is 0.262. The average molecular weight is 518 g/mol. The smallest absolute Gasteiger partial charge is 0.323 e. The number of sulfonamides is 1. The fourth-order valence-corrected chi connectivity index (χ4v) is 4.03. The van der Waals surface area contributed by atoms with E-state index in [4.69, 9.17) is 5.14 Å². The molecule has 0 saturated heterocycles. The molecule has 0 atom stereocenters. The zero-order valence-electron chi connectivity index (χ0n) is 20.3. The summed E-state index contributed by atoms with van der Waals surface area (Å²) in [4.78, 5) is 23.0. The molecule has 0 saturated carbocycles. The number of rotatable bonds is 8.